The first kappa shape index (κ1) is 15.9. The molecule has 2 aliphatic heterocycles. The molecule has 4 rings (SSSR count). The van der Waals surface area contributed by atoms with Crippen LogP contribution in [0.15, 0.2) is 29.0 Å². The molecule has 1 fully saturated rings. The van der Waals surface area contributed by atoms with Gasteiger partial charge in [-0.1, -0.05) is 0 Å². The molecule has 2 aliphatic rings. The predicted molar refractivity (Wildman–Crippen MR) is 92.5 cm³/mol. The van der Waals surface area contributed by atoms with Gasteiger partial charge < -0.3 is 13.9 Å². The summed E-state index contributed by atoms with van der Waals surface area (Å²) in [6.07, 6.45) is 3.83. The van der Waals surface area contributed by atoms with Gasteiger partial charge in [-0.15, -0.1) is 0 Å². The fourth-order valence-electron chi connectivity index (χ4n) is 3.78. The number of rotatable bonds is 4. The van der Waals surface area contributed by atoms with Gasteiger partial charge in [0.05, 0.1) is 24.5 Å². The average molecular weight is 329 g/mol. The van der Waals surface area contributed by atoms with Gasteiger partial charge in [0.15, 0.2) is 0 Å². The van der Waals surface area contributed by atoms with Gasteiger partial charge in [-0.3, -0.25) is 9.80 Å². The largest absolute Gasteiger partial charge is 0.468 e. The highest BCUT2D eigenvalue weighted by Gasteiger charge is 2.28. The van der Waals surface area contributed by atoms with E-state index in [0.29, 0.717) is 6.04 Å². The Hall–Kier alpha value is -1.63. The molecule has 6 nitrogen and oxygen atoms in total. The monoisotopic (exact) mass is 329 g/mol. The van der Waals surface area contributed by atoms with Crippen molar-refractivity contribution in [3.05, 3.63) is 41.9 Å². The van der Waals surface area contributed by atoms with Crippen molar-refractivity contribution < 1.29 is 4.42 Å². The summed E-state index contributed by atoms with van der Waals surface area (Å²) >= 11 is 0. The molecular weight excluding hydrogens is 302 g/mol. The van der Waals surface area contributed by atoms with Gasteiger partial charge >= 0.3 is 0 Å². The Morgan fingerprint density at radius 1 is 1.12 bits per heavy atom. The fourth-order valence-corrected chi connectivity index (χ4v) is 3.78. The summed E-state index contributed by atoms with van der Waals surface area (Å²) < 4.78 is 7.94. The number of imidazole rings is 1. The first-order valence-corrected chi connectivity index (χ1v) is 8.92. The molecule has 0 aromatic carbocycles. The average Bonchev–Trinajstić information content (AvgIpc) is 3.23. The third kappa shape index (κ3) is 3.14. The molecule has 24 heavy (non-hydrogen) atoms. The molecule has 6 heteroatoms. The van der Waals surface area contributed by atoms with E-state index in [9.17, 15) is 0 Å². The van der Waals surface area contributed by atoms with Crippen LogP contribution in [0.4, 0.5) is 0 Å². The van der Waals surface area contributed by atoms with Gasteiger partial charge in [0.25, 0.3) is 0 Å². The van der Waals surface area contributed by atoms with E-state index < -0.39 is 0 Å². The van der Waals surface area contributed by atoms with Crippen molar-refractivity contribution in [2.24, 2.45) is 0 Å². The maximum absolute atomic E-state index is 5.51. The van der Waals surface area contributed by atoms with Crippen LogP contribution in [0.3, 0.4) is 0 Å². The highest BCUT2D eigenvalue weighted by molar-refractivity contribution is 5.12. The molecule has 0 bridgehead atoms. The number of aromatic nitrogens is 2. The van der Waals surface area contributed by atoms with E-state index in [-0.39, 0.29) is 0 Å². The van der Waals surface area contributed by atoms with E-state index in [0.717, 1.165) is 58.1 Å². The van der Waals surface area contributed by atoms with Crippen LogP contribution in [-0.2, 0) is 19.6 Å². The molecule has 0 amide bonds. The zero-order chi connectivity index (χ0) is 16.5. The van der Waals surface area contributed by atoms with Crippen LogP contribution in [0.1, 0.15) is 30.2 Å². The summed E-state index contributed by atoms with van der Waals surface area (Å²) in [5.74, 6) is 2.22. The Labute approximate surface area is 143 Å². The molecule has 1 saturated heterocycles. The van der Waals surface area contributed by atoms with Crippen molar-refractivity contribution >= 4 is 0 Å². The van der Waals surface area contributed by atoms with E-state index in [1.165, 1.54) is 11.5 Å². The van der Waals surface area contributed by atoms with E-state index >= 15 is 0 Å². The van der Waals surface area contributed by atoms with Gasteiger partial charge in [-0.2, -0.15) is 0 Å². The lowest BCUT2D eigenvalue weighted by Crippen LogP contribution is -2.44. The van der Waals surface area contributed by atoms with Gasteiger partial charge in [0, 0.05) is 52.0 Å². The SMILES string of the molecule is CC1c2ncc(CN3CCN(C)CC3)n2CCN1Cc1ccco1. The Morgan fingerprint density at radius 2 is 1.96 bits per heavy atom. The second-order valence-electron chi connectivity index (χ2n) is 7.06. The Morgan fingerprint density at radius 3 is 2.71 bits per heavy atom. The molecule has 0 spiro atoms. The lowest BCUT2D eigenvalue weighted by Gasteiger charge is -2.35. The molecule has 4 heterocycles. The summed E-state index contributed by atoms with van der Waals surface area (Å²) in [6, 6.07) is 4.33. The van der Waals surface area contributed by atoms with E-state index in [2.05, 4.69) is 39.4 Å². The maximum Gasteiger partial charge on any atom is 0.126 e. The van der Waals surface area contributed by atoms with Crippen LogP contribution < -0.4 is 0 Å². The van der Waals surface area contributed by atoms with Crippen LogP contribution in [0.25, 0.3) is 0 Å². The zero-order valence-corrected chi connectivity index (χ0v) is 14.7. The fraction of sp³-hybridized carbons (Fsp3) is 0.611. The van der Waals surface area contributed by atoms with Crippen LogP contribution in [0.2, 0.25) is 0 Å². The minimum Gasteiger partial charge on any atom is -0.468 e. The number of likely N-dealkylation sites (N-methyl/N-ethyl adjacent to an activating group) is 1. The highest BCUT2D eigenvalue weighted by Crippen LogP contribution is 2.27. The molecule has 1 atom stereocenters. The van der Waals surface area contributed by atoms with Gasteiger partial charge in [-0.05, 0) is 26.1 Å². The van der Waals surface area contributed by atoms with Crippen molar-refractivity contribution in [3.8, 4) is 0 Å². The topological polar surface area (TPSA) is 40.7 Å². The summed E-state index contributed by atoms with van der Waals surface area (Å²) in [5.41, 5.74) is 1.36. The van der Waals surface area contributed by atoms with Gasteiger partial charge in [0.1, 0.15) is 11.6 Å². The summed E-state index contributed by atoms with van der Waals surface area (Å²) in [6.45, 7) is 10.8. The molecule has 1 unspecified atom stereocenters. The Kier molecular flexibility index (Phi) is 4.43. The van der Waals surface area contributed by atoms with Crippen molar-refractivity contribution in [3.63, 3.8) is 0 Å². The molecular formula is C18H27N5O. The first-order valence-electron chi connectivity index (χ1n) is 8.92. The molecule has 130 valence electrons. The number of piperazine rings is 1. The number of fused-ring (bicyclic) bond motifs is 1. The standard InChI is InChI=1S/C18H27N5O/c1-15-18-19-12-16(13-21-7-5-20(2)6-8-21)23(18)10-9-22(15)14-17-4-3-11-24-17/h3-4,11-12,15H,5-10,13-14H2,1-2H3. The number of hydrogen-bond donors (Lipinski definition) is 0. The minimum absolute atomic E-state index is 0.324. The second-order valence-corrected chi connectivity index (χ2v) is 7.06. The summed E-state index contributed by atoms with van der Waals surface area (Å²) in [7, 11) is 2.20. The second kappa shape index (κ2) is 6.70. The quantitative estimate of drug-likeness (QED) is 0.855. The van der Waals surface area contributed by atoms with Crippen molar-refractivity contribution in [1.82, 2.24) is 24.3 Å². The summed E-state index contributed by atoms with van der Waals surface area (Å²) in [5, 5.41) is 0. The minimum atomic E-state index is 0.324. The molecule has 2 aromatic rings. The van der Waals surface area contributed by atoms with Crippen LogP contribution in [0.5, 0.6) is 0 Å². The van der Waals surface area contributed by atoms with Gasteiger partial charge in [0.2, 0.25) is 0 Å². The van der Waals surface area contributed by atoms with E-state index in [1.54, 1.807) is 6.26 Å². The molecule has 0 radical (unpaired) electrons. The zero-order valence-electron chi connectivity index (χ0n) is 14.7. The van der Waals surface area contributed by atoms with Crippen LogP contribution >= 0.6 is 0 Å². The van der Waals surface area contributed by atoms with Crippen LogP contribution in [0, 0.1) is 0 Å². The molecule has 0 saturated carbocycles. The summed E-state index contributed by atoms with van der Waals surface area (Å²) in [4.78, 5) is 12.1. The lowest BCUT2D eigenvalue weighted by molar-refractivity contribution is 0.132. The Balaban J connectivity index is 1.44. The van der Waals surface area contributed by atoms with Crippen molar-refractivity contribution in [2.45, 2.75) is 32.6 Å². The van der Waals surface area contributed by atoms with Crippen molar-refractivity contribution in [2.75, 3.05) is 39.8 Å². The number of hydrogen-bond acceptors (Lipinski definition) is 5. The Bertz CT molecular complexity index is 657. The van der Waals surface area contributed by atoms with Gasteiger partial charge in [-0.25, -0.2) is 4.98 Å². The molecule has 0 N–H and O–H groups in total. The number of furan rings is 1. The third-order valence-electron chi connectivity index (χ3n) is 5.42. The normalized spacial score (nSPS) is 23.5. The van der Waals surface area contributed by atoms with E-state index in [1.807, 2.05) is 12.1 Å². The predicted octanol–water partition coefficient (Wildman–Crippen LogP) is 1.80. The lowest BCUT2D eigenvalue weighted by atomic mass is 10.2. The van der Waals surface area contributed by atoms with Crippen molar-refractivity contribution in [1.29, 1.82) is 0 Å². The van der Waals surface area contributed by atoms with Crippen LogP contribution in [-0.4, -0.2) is 64.0 Å². The third-order valence-corrected chi connectivity index (χ3v) is 5.42. The smallest absolute Gasteiger partial charge is 0.126 e. The first-order chi connectivity index (χ1) is 11.7. The maximum atomic E-state index is 5.51. The molecule has 2 aromatic heterocycles. The number of nitrogens with zero attached hydrogens (tertiary/aromatic N) is 5. The molecule has 0 aliphatic carbocycles. The highest BCUT2D eigenvalue weighted by atomic mass is 16.3. The van der Waals surface area contributed by atoms with E-state index in [4.69, 9.17) is 9.40 Å².